The second-order valence-electron chi connectivity index (χ2n) is 1.71. The van der Waals surface area contributed by atoms with E-state index in [2.05, 4.69) is 11.6 Å². The van der Waals surface area contributed by atoms with Crippen molar-refractivity contribution >= 4 is 23.5 Å². The van der Waals surface area contributed by atoms with Crippen LogP contribution in [0.4, 0.5) is 0 Å². The highest BCUT2D eigenvalue weighted by molar-refractivity contribution is 8.02. The lowest BCUT2D eigenvalue weighted by atomic mass is 10.8. The predicted molar refractivity (Wildman–Crippen MR) is 49.6 cm³/mol. The van der Waals surface area contributed by atoms with E-state index in [0.717, 1.165) is 6.54 Å². The van der Waals surface area contributed by atoms with Crippen LogP contribution >= 0.6 is 23.5 Å². The zero-order valence-corrected chi connectivity index (χ0v) is 7.78. The van der Waals surface area contributed by atoms with Crippen molar-refractivity contribution in [2.75, 3.05) is 37.1 Å². The number of rotatable bonds is 6. The summed E-state index contributed by atoms with van der Waals surface area (Å²) < 4.78 is 0. The van der Waals surface area contributed by atoms with Gasteiger partial charge in [-0.05, 0) is 13.3 Å². The standard InChI is InChI=1S/C6H15NS2/c1-7-3-4-9-6-5-8-2/h7H,3-6H2,1-2H3. The van der Waals surface area contributed by atoms with Gasteiger partial charge in [0.2, 0.25) is 0 Å². The summed E-state index contributed by atoms with van der Waals surface area (Å²) in [4.78, 5) is 0. The minimum absolute atomic E-state index is 1.14. The molecule has 0 aromatic heterocycles. The fourth-order valence-electron chi connectivity index (χ4n) is 0.419. The normalized spacial score (nSPS) is 10.0. The van der Waals surface area contributed by atoms with Gasteiger partial charge in [0.25, 0.3) is 0 Å². The molecule has 0 aliphatic carbocycles. The molecule has 0 radical (unpaired) electrons. The van der Waals surface area contributed by atoms with E-state index in [4.69, 9.17) is 0 Å². The van der Waals surface area contributed by atoms with Crippen LogP contribution in [0.25, 0.3) is 0 Å². The van der Waals surface area contributed by atoms with Crippen molar-refractivity contribution in [1.29, 1.82) is 0 Å². The van der Waals surface area contributed by atoms with Gasteiger partial charge in [-0.1, -0.05) is 0 Å². The molecule has 0 rings (SSSR count). The fraction of sp³-hybridized carbons (Fsp3) is 1.00. The number of hydrogen-bond acceptors (Lipinski definition) is 3. The van der Waals surface area contributed by atoms with Gasteiger partial charge in [0.1, 0.15) is 0 Å². The Morgan fingerprint density at radius 3 is 2.56 bits per heavy atom. The molecule has 1 N–H and O–H groups in total. The van der Waals surface area contributed by atoms with Gasteiger partial charge in [0.15, 0.2) is 0 Å². The first kappa shape index (κ1) is 9.66. The van der Waals surface area contributed by atoms with E-state index in [1.54, 1.807) is 0 Å². The van der Waals surface area contributed by atoms with Crippen LogP contribution in [0.3, 0.4) is 0 Å². The molecule has 0 heterocycles. The molecule has 0 bridgehead atoms. The molecule has 0 fully saturated rings. The Morgan fingerprint density at radius 2 is 2.00 bits per heavy atom. The van der Waals surface area contributed by atoms with Crippen LogP contribution in [-0.4, -0.2) is 37.1 Å². The Balaban J connectivity index is 2.60. The van der Waals surface area contributed by atoms with Crippen molar-refractivity contribution in [3.8, 4) is 0 Å². The van der Waals surface area contributed by atoms with E-state index >= 15 is 0 Å². The smallest absolute Gasteiger partial charge is 0.00582 e. The summed E-state index contributed by atoms with van der Waals surface area (Å²) in [6.45, 7) is 1.14. The molecule has 0 atom stereocenters. The highest BCUT2D eigenvalue weighted by Crippen LogP contribution is 2.02. The summed E-state index contributed by atoms with van der Waals surface area (Å²) in [5.41, 5.74) is 0. The zero-order chi connectivity index (χ0) is 6.95. The summed E-state index contributed by atoms with van der Waals surface area (Å²) in [6.07, 6.45) is 2.15. The Kier molecular flexibility index (Phi) is 9.30. The van der Waals surface area contributed by atoms with Gasteiger partial charge in [-0.3, -0.25) is 0 Å². The van der Waals surface area contributed by atoms with Gasteiger partial charge < -0.3 is 5.32 Å². The molecule has 0 amide bonds. The number of nitrogens with one attached hydrogen (secondary N) is 1. The van der Waals surface area contributed by atoms with Crippen LogP contribution in [-0.2, 0) is 0 Å². The molecule has 0 aliphatic rings. The highest BCUT2D eigenvalue weighted by atomic mass is 32.2. The Bertz CT molecular complexity index is 44.3. The van der Waals surface area contributed by atoms with Crippen molar-refractivity contribution < 1.29 is 0 Å². The van der Waals surface area contributed by atoms with Gasteiger partial charge in [-0.15, -0.1) is 0 Å². The monoisotopic (exact) mass is 165 g/mol. The first-order valence-electron chi connectivity index (χ1n) is 3.13. The van der Waals surface area contributed by atoms with E-state index in [9.17, 15) is 0 Å². The maximum absolute atomic E-state index is 3.12. The third-order valence-electron chi connectivity index (χ3n) is 0.928. The third-order valence-corrected chi connectivity index (χ3v) is 2.78. The van der Waals surface area contributed by atoms with Crippen molar-refractivity contribution in [3.05, 3.63) is 0 Å². The van der Waals surface area contributed by atoms with Gasteiger partial charge in [0.05, 0.1) is 0 Å². The lowest BCUT2D eigenvalue weighted by molar-refractivity contribution is 0.872. The Labute approximate surface area is 66.4 Å². The molecule has 0 unspecified atom stereocenters. The summed E-state index contributed by atoms with van der Waals surface area (Å²) >= 11 is 3.94. The lowest BCUT2D eigenvalue weighted by Crippen LogP contribution is -2.10. The average molecular weight is 165 g/mol. The predicted octanol–water partition coefficient (Wildman–Crippen LogP) is 1.30. The van der Waals surface area contributed by atoms with Crippen LogP contribution in [0.2, 0.25) is 0 Å². The molecule has 0 saturated heterocycles. The van der Waals surface area contributed by atoms with Crippen molar-refractivity contribution in [3.63, 3.8) is 0 Å². The Morgan fingerprint density at radius 1 is 1.22 bits per heavy atom. The fourth-order valence-corrected chi connectivity index (χ4v) is 2.11. The van der Waals surface area contributed by atoms with Gasteiger partial charge in [0, 0.05) is 23.8 Å². The largest absolute Gasteiger partial charge is 0.319 e. The molecule has 0 aromatic rings. The maximum Gasteiger partial charge on any atom is 0.00582 e. The van der Waals surface area contributed by atoms with Crippen molar-refractivity contribution in [1.82, 2.24) is 5.32 Å². The summed E-state index contributed by atoms with van der Waals surface area (Å²) in [5.74, 6) is 3.83. The molecular formula is C6H15NS2. The van der Waals surface area contributed by atoms with E-state index in [-0.39, 0.29) is 0 Å². The van der Waals surface area contributed by atoms with E-state index in [0.29, 0.717) is 0 Å². The Hall–Kier alpha value is 0.660. The molecule has 1 nitrogen and oxygen atoms in total. The van der Waals surface area contributed by atoms with Crippen molar-refractivity contribution in [2.24, 2.45) is 0 Å². The molecule has 0 aromatic carbocycles. The van der Waals surface area contributed by atoms with Crippen LogP contribution in [0.5, 0.6) is 0 Å². The van der Waals surface area contributed by atoms with E-state index in [1.807, 2.05) is 30.6 Å². The minimum atomic E-state index is 1.14. The topological polar surface area (TPSA) is 12.0 Å². The second-order valence-corrected chi connectivity index (χ2v) is 3.92. The lowest BCUT2D eigenvalue weighted by Gasteiger charge is -1.97. The molecular weight excluding hydrogens is 150 g/mol. The minimum Gasteiger partial charge on any atom is -0.319 e. The molecule has 9 heavy (non-hydrogen) atoms. The molecule has 0 saturated carbocycles. The van der Waals surface area contributed by atoms with E-state index in [1.165, 1.54) is 17.3 Å². The van der Waals surface area contributed by atoms with Crippen LogP contribution in [0.1, 0.15) is 0 Å². The van der Waals surface area contributed by atoms with Crippen LogP contribution < -0.4 is 5.32 Å². The second kappa shape index (κ2) is 8.66. The quantitative estimate of drug-likeness (QED) is 0.596. The van der Waals surface area contributed by atoms with Gasteiger partial charge in [-0.25, -0.2) is 0 Å². The zero-order valence-electron chi connectivity index (χ0n) is 6.14. The first-order valence-corrected chi connectivity index (χ1v) is 5.68. The van der Waals surface area contributed by atoms with Crippen molar-refractivity contribution in [2.45, 2.75) is 0 Å². The maximum atomic E-state index is 3.12. The van der Waals surface area contributed by atoms with Crippen LogP contribution in [0.15, 0.2) is 0 Å². The number of hydrogen-bond donors (Lipinski definition) is 1. The van der Waals surface area contributed by atoms with Gasteiger partial charge >= 0.3 is 0 Å². The highest BCUT2D eigenvalue weighted by Gasteiger charge is 1.85. The molecule has 0 spiro atoms. The summed E-state index contributed by atoms with van der Waals surface area (Å²) in [7, 11) is 2.00. The number of thioether (sulfide) groups is 2. The third kappa shape index (κ3) is 8.66. The van der Waals surface area contributed by atoms with Gasteiger partial charge in [-0.2, -0.15) is 23.5 Å². The average Bonchev–Trinajstić information content (AvgIpc) is 1.89. The SMILES string of the molecule is CNCCSCCSC. The summed E-state index contributed by atoms with van der Waals surface area (Å²) in [5, 5.41) is 3.12. The summed E-state index contributed by atoms with van der Waals surface area (Å²) in [6, 6.07) is 0. The molecule has 0 aliphatic heterocycles. The van der Waals surface area contributed by atoms with Crippen LogP contribution in [0, 0.1) is 0 Å². The first-order chi connectivity index (χ1) is 4.41. The molecule has 3 heteroatoms. The van der Waals surface area contributed by atoms with E-state index < -0.39 is 0 Å². The molecule has 56 valence electrons.